The molecule has 0 aliphatic heterocycles. The number of methoxy groups -OCH3 is 2. The molecule has 1 N–H and O–H groups in total. The van der Waals surface area contributed by atoms with Gasteiger partial charge in [0.05, 0.1) is 24.8 Å². The molecule has 0 aromatic heterocycles. The van der Waals surface area contributed by atoms with Crippen LogP contribution in [0.3, 0.4) is 0 Å². The van der Waals surface area contributed by atoms with Crippen molar-refractivity contribution in [3.8, 4) is 11.5 Å². The number of hydrogen-bond acceptors (Lipinski definition) is 6. The molecule has 1 unspecified atom stereocenters. The minimum atomic E-state index is -4.24. The third kappa shape index (κ3) is 7.57. The molecule has 0 aliphatic carbocycles. The molecule has 4 rings (SSSR count). The molecule has 0 aliphatic rings. The number of ether oxygens (including phenoxy) is 2. The number of aryl methyl sites for hydroxylation is 1. The molecule has 9 nitrogen and oxygen atoms in total. The van der Waals surface area contributed by atoms with Crippen molar-refractivity contribution in [1.82, 2.24) is 10.2 Å². The Bertz CT molecular complexity index is 1680. The maximum absolute atomic E-state index is 14.5. The van der Waals surface area contributed by atoms with Crippen LogP contribution >= 0.6 is 0 Å². The van der Waals surface area contributed by atoms with Gasteiger partial charge in [-0.1, -0.05) is 66.7 Å². The van der Waals surface area contributed by atoms with Crippen molar-refractivity contribution in [2.24, 2.45) is 0 Å². The standard InChI is InChI=1S/C34H37N3O6S/c1-25-18-19-32(43-4)30(20-25)37(44(40,41)29-16-9-6-10-17-29)24-33(38)36(23-27-14-11-15-28(21-27)42-3)31(34(39)35-2)22-26-12-7-5-8-13-26/h5-21,31H,22-24H2,1-4H3,(H,35,39). The topological polar surface area (TPSA) is 105 Å². The first kappa shape index (κ1) is 32.1. The molecule has 4 aromatic rings. The van der Waals surface area contributed by atoms with Crippen LogP contribution in [0, 0.1) is 6.92 Å². The third-order valence-corrected chi connectivity index (χ3v) is 8.99. The zero-order valence-electron chi connectivity index (χ0n) is 25.3. The largest absolute Gasteiger partial charge is 0.497 e. The van der Waals surface area contributed by atoms with E-state index in [0.29, 0.717) is 11.3 Å². The number of benzene rings is 4. The summed E-state index contributed by atoms with van der Waals surface area (Å²) in [5, 5.41) is 2.69. The average molecular weight is 616 g/mol. The lowest BCUT2D eigenvalue weighted by Gasteiger charge is -2.34. The van der Waals surface area contributed by atoms with Gasteiger partial charge in [0.25, 0.3) is 10.0 Å². The molecule has 2 amide bonds. The quantitative estimate of drug-likeness (QED) is 0.236. The molecule has 4 aromatic carbocycles. The molecule has 10 heteroatoms. The monoisotopic (exact) mass is 615 g/mol. The van der Waals surface area contributed by atoms with Gasteiger partial charge in [0, 0.05) is 20.0 Å². The van der Waals surface area contributed by atoms with Gasteiger partial charge in [0.1, 0.15) is 24.1 Å². The van der Waals surface area contributed by atoms with E-state index in [4.69, 9.17) is 9.47 Å². The SMILES string of the molecule is CNC(=O)C(Cc1ccccc1)N(Cc1cccc(OC)c1)C(=O)CN(c1cc(C)ccc1OC)S(=O)(=O)c1ccccc1. The van der Waals surface area contributed by atoms with Crippen LogP contribution in [-0.2, 0) is 32.6 Å². The van der Waals surface area contributed by atoms with Gasteiger partial charge in [-0.2, -0.15) is 0 Å². The highest BCUT2D eigenvalue weighted by molar-refractivity contribution is 7.92. The molecule has 0 saturated heterocycles. The van der Waals surface area contributed by atoms with E-state index in [0.717, 1.165) is 15.4 Å². The summed E-state index contributed by atoms with van der Waals surface area (Å²) < 4.78 is 40.3. The van der Waals surface area contributed by atoms with E-state index in [1.165, 1.54) is 31.2 Å². The van der Waals surface area contributed by atoms with E-state index in [1.54, 1.807) is 61.7 Å². The minimum absolute atomic E-state index is 0.0165. The highest BCUT2D eigenvalue weighted by atomic mass is 32.2. The normalized spacial score (nSPS) is 11.7. The number of carbonyl (C=O) groups is 2. The van der Waals surface area contributed by atoms with Crippen LogP contribution < -0.4 is 19.1 Å². The van der Waals surface area contributed by atoms with Crippen LogP contribution in [0.1, 0.15) is 16.7 Å². The number of rotatable bonds is 13. The van der Waals surface area contributed by atoms with Crippen LogP contribution in [0.25, 0.3) is 0 Å². The summed E-state index contributed by atoms with van der Waals surface area (Å²) in [5.74, 6) is -0.0715. The van der Waals surface area contributed by atoms with Crippen LogP contribution in [0.2, 0.25) is 0 Å². The lowest BCUT2D eigenvalue weighted by atomic mass is 10.0. The van der Waals surface area contributed by atoms with Crippen molar-refractivity contribution >= 4 is 27.5 Å². The van der Waals surface area contributed by atoms with Gasteiger partial charge in [-0.15, -0.1) is 0 Å². The summed E-state index contributed by atoms with van der Waals surface area (Å²) in [6.45, 7) is 1.28. The molecule has 0 bridgehead atoms. The van der Waals surface area contributed by atoms with E-state index in [-0.39, 0.29) is 35.2 Å². The van der Waals surface area contributed by atoms with Crippen molar-refractivity contribution in [2.45, 2.75) is 30.8 Å². The van der Waals surface area contributed by atoms with E-state index in [1.807, 2.05) is 43.3 Å². The number of amides is 2. The molecule has 0 saturated carbocycles. The Balaban J connectivity index is 1.84. The average Bonchev–Trinajstić information content (AvgIpc) is 3.05. The van der Waals surface area contributed by atoms with Gasteiger partial charge in [-0.05, 0) is 60.0 Å². The number of nitrogens with zero attached hydrogens (tertiary/aromatic N) is 2. The number of hydrogen-bond donors (Lipinski definition) is 1. The van der Waals surface area contributed by atoms with Crippen molar-refractivity contribution in [3.05, 3.63) is 120 Å². The highest BCUT2D eigenvalue weighted by Crippen LogP contribution is 2.34. The lowest BCUT2D eigenvalue weighted by molar-refractivity contribution is -0.139. The fraction of sp³-hybridized carbons (Fsp3) is 0.235. The zero-order valence-corrected chi connectivity index (χ0v) is 26.1. The summed E-state index contributed by atoms with van der Waals surface area (Å²) in [5.41, 5.74) is 2.55. The van der Waals surface area contributed by atoms with Gasteiger partial charge >= 0.3 is 0 Å². The number of likely N-dealkylation sites (N-methyl/N-ethyl adjacent to an activating group) is 1. The lowest BCUT2D eigenvalue weighted by Crippen LogP contribution is -2.53. The van der Waals surface area contributed by atoms with Crippen LogP contribution in [0.15, 0.2) is 108 Å². The van der Waals surface area contributed by atoms with Gasteiger partial charge in [-0.3, -0.25) is 13.9 Å². The number of nitrogens with one attached hydrogen (secondary N) is 1. The number of anilines is 1. The first-order chi connectivity index (χ1) is 21.2. The highest BCUT2D eigenvalue weighted by Gasteiger charge is 2.35. The summed E-state index contributed by atoms with van der Waals surface area (Å²) in [7, 11) is 0.264. The second-order valence-electron chi connectivity index (χ2n) is 10.2. The maximum atomic E-state index is 14.5. The molecular weight excluding hydrogens is 578 g/mol. The summed E-state index contributed by atoms with van der Waals surface area (Å²) in [6.07, 6.45) is 0.218. The Morgan fingerprint density at radius 1 is 0.818 bits per heavy atom. The number of carbonyl (C=O) groups excluding carboxylic acids is 2. The fourth-order valence-corrected chi connectivity index (χ4v) is 6.35. The van der Waals surface area contributed by atoms with Gasteiger partial charge in [0.2, 0.25) is 11.8 Å². The second-order valence-corrected chi connectivity index (χ2v) is 12.1. The second kappa shape index (κ2) is 14.6. The predicted molar refractivity (Wildman–Crippen MR) is 170 cm³/mol. The molecular formula is C34H37N3O6S. The van der Waals surface area contributed by atoms with Gasteiger partial charge in [-0.25, -0.2) is 8.42 Å². The van der Waals surface area contributed by atoms with Crippen LogP contribution in [0.4, 0.5) is 5.69 Å². The Kier molecular flexibility index (Phi) is 10.6. The van der Waals surface area contributed by atoms with Crippen molar-refractivity contribution < 1.29 is 27.5 Å². The van der Waals surface area contributed by atoms with E-state index in [9.17, 15) is 18.0 Å². The zero-order chi connectivity index (χ0) is 31.7. The van der Waals surface area contributed by atoms with E-state index in [2.05, 4.69) is 5.32 Å². The minimum Gasteiger partial charge on any atom is -0.497 e. The van der Waals surface area contributed by atoms with Crippen LogP contribution in [-0.4, -0.2) is 59.0 Å². The molecule has 1 atom stereocenters. The number of sulfonamides is 1. The maximum Gasteiger partial charge on any atom is 0.264 e. The Labute approximate surface area is 259 Å². The third-order valence-electron chi connectivity index (χ3n) is 7.22. The van der Waals surface area contributed by atoms with Crippen molar-refractivity contribution in [1.29, 1.82) is 0 Å². The Morgan fingerprint density at radius 2 is 1.48 bits per heavy atom. The Hall–Kier alpha value is -4.83. The molecule has 0 spiro atoms. The van der Waals surface area contributed by atoms with Crippen molar-refractivity contribution in [3.63, 3.8) is 0 Å². The molecule has 230 valence electrons. The van der Waals surface area contributed by atoms with Crippen molar-refractivity contribution in [2.75, 3.05) is 32.1 Å². The van der Waals surface area contributed by atoms with Gasteiger partial charge < -0.3 is 19.7 Å². The molecule has 44 heavy (non-hydrogen) atoms. The first-order valence-corrected chi connectivity index (χ1v) is 15.5. The molecule has 0 radical (unpaired) electrons. The smallest absolute Gasteiger partial charge is 0.264 e. The molecule has 0 fully saturated rings. The van der Waals surface area contributed by atoms with Crippen LogP contribution in [0.5, 0.6) is 11.5 Å². The van der Waals surface area contributed by atoms with E-state index < -0.39 is 28.5 Å². The van der Waals surface area contributed by atoms with Gasteiger partial charge in [0.15, 0.2) is 0 Å². The predicted octanol–water partition coefficient (Wildman–Crippen LogP) is 4.59. The summed E-state index contributed by atoms with van der Waals surface area (Å²) in [4.78, 5) is 29.3. The fourth-order valence-electron chi connectivity index (χ4n) is 4.92. The summed E-state index contributed by atoms with van der Waals surface area (Å²) >= 11 is 0. The summed E-state index contributed by atoms with van der Waals surface area (Å²) in [6, 6.07) is 28.7. The van der Waals surface area contributed by atoms with E-state index >= 15 is 0 Å². The Morgan fingerprint density at radius 3 is 2.11 bits per heavy atom. The molecule has 0 heterocycles. The first-order valence-electron chi connectivity index (χ1n) is 14.1.